The van der Waals surface area contributed by atoms with Crippen molar-refractivity contribution in [2.75, 3.05) is 13.1 Å². The predicted molar refractivity (Wildman–Crippen MR) is 107 cm³/mol. The molecule has 1 aliphatic rings. The molecule has 0 radical (unpaired) electrons. The molecule has 140 valence electrons. The second-order valence-corrected chi connectivity index (χ2v) is 8.10. The lowest BCUT2D eigenvalue weighted by Gasteiger charge is -2.32. The van der Waals surface area contributed by atoms with Crippen LogP contribution in [0.4, 0.5) is 4.39 Å². The van der Waals surface area contributed by atoms with E-state index in [0.717, 1.165) is 42.7 Å². The number of piperidine rings is 1. The van der Waals surface area contributed by atoms with Crippen molar-refractivity contribution in [1.29, 1.82) is 0 Å². The first-order valence-electron chi connectivity index (χ1n) is 9.21. The molecular formula is C21H22FN3OS. The van der Waals surface area contributed by atoms with E-state index in [1.807, 2.05) is 37.5 Å². The molecule has 0 unspecified atom stereocenters. The average Bonchev–Trinajstić information content (AvgIpc) is 3.02. The highest BCUT2D eigenvalue weighted by atomic mass is 32.1. The Hall–Kier alpha value is -2.31. The summed E-state index contributed by atoms with van der Waals surface area (Å²) in [7, 11) is 0. The van der Waals surface area contributed by atoms with Crippen LogP contribution in [-0.4, -0.2) is 34.9 Å². The van der Waals surface area contributed by atoms with E-state index in [1.165, 1.54) is 23.0 Å². The van der Waals surface area contributed by atoms with E-state index in [2.05, 4.69) is 15.2 Å². The smallest absolute Gasteiger partial charge is 0.261 e. The third kappa shape index (κ3) is 3.87. The second-order valence-electron chi connectivity index (χ2n) is 7.05. The van der Waals surface area contributed by atoms with Crippen LogP contribution >= 0.6 is 11.3 Å². The molecule has 2 aromatic heterocycles. The zero-order valence-electron chi connectivity index (χ0n) is 15.2. The van der Waals surface area contributed by atoms with Crippen molar-refractivity contribution in [3.05, 3.63) is 64.5 Å². The van der Waals surface area contributed by atoms with Crippen molar-refractivity contribution in [3.63, 3.8) is 0 Å². The average molecular weight is 383 g/mol. The van der Waals surface area contributed by atoms with Gasteiger partial charge in [0.15, 0.2) is 0 Å². The Morgan fingerprint density at radius 2 is 2.00 bits per heavy atom. The maximum Gasteiger partial charge on any atom is 0.261 e. The number of nitrogens with zero attached hydrogens (tertiary/aromatic N) is 2. The van der Waals surface area contributed by atoms with E-state index in [0.29, 0.717) is 10.3 Å². The summed E-state index contributed by atoms with van der Waals surface area (Å²) in [6, 6.07) is 9.25. The number of benzene rings is 1. The highest BCUT2D eigenvalue weighted by Gasteiger charge is 2.24. The van der Waals surface area contributed by atoms with E-state index >= 15 is 0 Å². The van der Waals surface area contributed by atoms with Crippen LogP contribution in [0.3, 0.4) is 0 Å². The minimum atomic E-state index is -0.260. The Morgan fingerprint density at radius 3 is 2.70 bits per heavy atom. The lowest BCUT2D eigenvalue weighted by molar-refractivity contribution is 0.0912. The number of nitrogens with one attached hydrogen (secondary N) is 1. The minimum Gasteiger partial charge on any atom is -0.349 e. The maximum atomic E-state index is 14.1. The fourth-order valence-corrected chi connectivity index (χ4v) is 4.83. The first kappa shape index (κ1) is 18.1. The van der Waals surface area contributed by atoms with Gasteiger partial charge in [0.2, 0.25) is 0 Å². The van der Waals surface area contributed by atoms with Gasteiger partial charge in [-0.05, 0) is 55.2 Å². The first-order valence-corrected chi connectivity index (χ1v) is 10.0. The summed E-state index contributed by atoms with van der Waals surface area (Å²) in [6.45, 7) is 4.65. The van der Waals surface area contributed by atoms with Gasteiger partial charge in [-0.15, -0.1) is 11.3 Å². The number of hydrogen-bond acceptors (Lipinski definition) is 4. The minimum absolute atomic E-state index is 0.0827. The molecule has 1 N–H and O–H groups in total. The van der Waals surface area contributed by atoms with Crippen LogP contribution < -0.4 is 5.32 Å². The molecule has 3 aromatic rings. The molecular weight excluding hydrogens is 361 g/mol. The van der Waals surface area contributed by atoms with Crippen LogP contribution in [0.5, 0.6) is 0 Å². The van der Waals surface area contributed by atoms with Gasteiger partial charge in [-0.25, -0.2) is 4.39 Å². The molecule has 4 rings (SSSR count). The van der Waals surface area contributed by atoms with Gasteiger partial charge in [-0.2, -0.15) is 0 Å². The number of aryl methyl sites for hydroxylation is 1. The van der Waals surface area contributed by atoms with Crippen molar-refractivity contribution in [3.8, 4) is 0 Å². The van der Waals surface area contributed by atoms with E-state index in [1.54, 1.807) is 6.07 Å². The standard InChI is InChI=1S/C21H22FN3OS/c1-14-19-17(22)3-2-4-18(19)27-20(14)21(26)24-16-7-11-25(12-8-16)13-15-5-9-23-10-6-15/h2-6,9-10,16H,7-8,11-13H2,1H3,(H,24,26). The van der Waals surface area contributed by atoms with Gasteiger partial charge in [0.1, 0.15) is 5.82 Å². The van der Waals surface area contributed by atoms with Crippen molar-refractivity contribution < 1.29 is 9.18 Å². The summed E-state index contributed by atoms with van der Waals surface area (Å²) >= 11 is 1.37. The summed E-state index contributed by atoms with van der Waals surface area (Å²) in [5, 5.41) is 3.72. The van der Waals surface area contributed by atoms with Crippen LogP contribution in [-0.2, 0) is 6.54 Å². The van der Waals surface area contributed by atoms with Crippen LogP contribution in [0.2, 0.25) is 0 Å². The second kappa shape index (κ2) is 7.74. The lowest BCUT2D eigenvalue weighted by atomic mass is 10.0. The number of pyridine rings is 1. The number of carbonyl (C=O) groups excluding carboxylic acids is 1. The van der Waals surface area contributed by atoms with Gasteiger partial charge in [-0.3, -0.25) is 14.7 Å². The highest BCUT2D eigenvalue weighted by Crippen LogP contribution is 2.32. The fourth-order valence-electron chi connectivity index (χ4n) is 3.70. The van der Waals surface area contributed by atoms with Crippen molar-refractivity contribution in [1.82, 2.24) is 15.2 Å². The monoisotopic (exact) mass is 383 g/mol. The first-order chi connectivity index (χ1) is 13.1. The zero-order valence-corrected chi connectivity index (χ0v) is 16.1. The van der Waals surface area contributed by atoms with E-state index in [9.17, 15) is 9.18 Å². The van der Waals surface area contributed by atoms with Gasteiger partial charge in [0.25, 0.3) is 5.91 Å². The Labute approximate surface area is 162 Å². The van der Waals surface area contributed by atoms with Crippen LogP contribution in [0.25, 0.3) is 10.1 Å². The Kier molecular flexibility index (Phi) is 5.18. The number of halogens is 1. The normalized spacial score (nSPS) is 15.9. The number of rotatable bonds is 4. The van der Waals surface area contributed by atoms with Crippen LogP contribution in [0, 0.1) is 12.7 Å². The number of amides is 1. The number of carbonyl (C=O) groups is 1. The molecule has 0 spiro atoms. The molecule has 1 aliphatic heterocycles. The molecule has 0 saturated carbocycles. The molecule has 0 atom stereocenters. The molecule has 1 amide bonds. The fraction of sp³-hybridized carbons (Fsp3) is 0.333. The Balaban J connectivity index is 1.37. The van der Waals surface area contributed by atoms with Crippen LogP contribution in [0.15, 0.2) is 42.7 Å². The molecule has 1 saturated heterocycles. The molecule has 1 fully saturated rings. The quantitative estimate of drug-likeness (QED) is 0.737. The van der Waals surface area contributed by atoms with Crippen molar-refractivity contribution in [2.45, 2.75) is 32.4 Å². The molecule has 6 heteroatoms. The van der Waals surface area contributed by atoms with Gasteiger partial charge < -0.3 is 5.32 Å². The highest BCUT2D eigenvalue weighted by molar-refractivity contribution is 7.21. The van der Waals surface area contributed by atoms with Crippen molar-refractivity contribution >= 4 is 27.3 Å². The third-order valence-electron chi connectivity index (χ3n) is 5.19. The van der Waals surface area contributed by atoms with Gasteiger partial charge in [-0.1, -0.05) is 6.07 Å². The number of likely N-dealkylation sites (tertiary alicyclic amines) is 1. The summed E-state index contributed by atoms with van der Waals surface area (Å²) < 4.78 is 14.9. The number of fused-ring (bicyclic) bond motifs is 1. The lowest BCUT2D eigenvalue weighted by Crippen LogP contribution is -2.44. The van der Waals surface area contributed by atoms with Crippen LogP contribution in [0.1, 0.15) is 33.6 Å². The largest absolute Gasteiger partial charge is 0.349 e. The number of thiophene rings is 1. The maximum absolute atomic E-state index is 14.1. The third-order valence-corrected chi connectivity index (χ3v) is 6.44. The number of hydrogen-bond donors (Lipinski definition) is 1. The van der Waals surface area contributed by atoms with E-state index in [4.69, 9.17) is 0 Å². The predicted octanol–water partition coefficient (Wildman–Crippen LogP) is 4.14. The summed E-state index contributed by atoms with van der Waals surface area (Å²) in [4.78, 5) is 19.8. The number of aromatic nitrogens is 1. The van der Waals surface area contributed by atoms with Gasteiger partial charge in [0, 0.05) is 48.2 Å². The Morgan fingerprint density at radius 1 is 1.26 bits per heavy atom. The summed E-state index contributed by atoms with van der Waals surface area (Å²) in [5.74, 6) is -0.342. The summed E-state index contributed by atoms with van der Waals surface area (Å²) in [6.07, 6.45) is 5.49. The topological polar surface area (TPSA) is 45.2 Å². The van der Waals surface area contributed by atoms with Gasteiger partial charge >= 0.3 is 0 Å². The van der Waals surface area contributed by atoms with Crippen molar-refractivity contribution in [2.24, 2.45) is 0 Å². The molecule has 0 aliphatic carbocycles. The summed E-state index contributed by atoms with van der Waals surface area (Å²) in [5.41, 5.74) is 2.00. The van der Waals surface area contributed by atoms with E-state index < -0.39 is 0 Å². The molecule has 0 bridgehead atoms. The molecule has 1 aromatic carbocycles. The van der Waals surface area contributed by atoms with Gasteiger partial charge in [0.05, 0.1) is 4.88 Å². The Bertz CT molecular complexity index is 949. The molecule has 27 heavy (non-hydrogen) atoms. The SMILES string of the molecule is Cc1c(C(=O)NC2CCN(Cc3ccncc3)CC2)sc2cccc(F)c12. The molecule has 4 nitrogen and oxygen atoms in total. The molecule has 3 heterocycles. The van der Waals surface area contributed by atoms with E-state index in [-0.39, 0.29) is 17.8 Å². The zero-order chi connectivity index (χ0) is 18.8.